The molecule has 0 saturated heterocycles. The average Bonchev–Trinajstić information content (AvgIpc) is 2.53. The molecule has 0 spiro atoms. The molecule has 2 aromatic carbocycles. The summed E-state index contributed by atoms with van der Waals surface area (Å²) in [6.07, 6.45) is 1.52. The van der Waals surface area contributed by atoms with E-state index in [0.717, 1.165) is 4.47 Å². The van der Waals surface area contributed by atoms with Crippen LogP contribution in [0.15, 0.2) is 46.9 Å². The Morgan fingerprint density at radius 3 is 2.37 bits per heavy atom. The zero-order chi connectivity index (χ0) is 20.2. The van der Waals surface area contributed by atoms with Gasteiger partial charge in [-0.25, -0.2) is 0 Å². The van der Waals surface area contributed by atoms with Gasteiger partial charge in [0.05, 0.1) is 11.2 Å². The van der Waals surface area contributed by atoms with Crippen molar-refractivity contribution < 1.29 is 20.1 Å². The summed E-state index contributed by atoms with van der Waals surface area (Å²) in [4.78, 5) is 12.4. The molecule has 0 fully saturated rings. The highest BCUT2D eigenvalue weighted by Gasteiger charge is 2.27. The second-order valence-corrected chi connectivity index (χ2v) is 8.55. The number of aliphatic hydroxyl groups is 2. The molecule has 146 valence electrons. The maximum absolute atomic E-state index is 12.4. The van der Waals surface area contributed by atoms with E-state index in [1.54, 1.807) is 45.0 Å². The molecule has 0 aliphatic heterocycles. The van der Waals surface area contributed by atoms with E-state index >= 15 is 0 Å². The monoisotopic (exact) mass is 435 g/mol. The summed E-state index contributed by atoms with van der Waals surface area (Å²) in [7, 11) is 0. The van der Waals surface area contributed by atoms with Gasteiger partial charge in [0.25, 0.3) is 5.91 Å². The number of anilines is 1. The SMILES string of the molecule is CC(C)(O)CCCC(C)(O)c1ccc(C(=O)Nc2cccc(Br)c2)cc1O. The number of carbonyl (C=O) groups excluding carboxylic acids is 1. The van der Waals surface area contributed by atoms with Crippen LogP contribution in [-0.2, 0) is 5.60 Å². The van der Waals surface area contributed by atoms with Crippen LogP contribution in [0.3, 0.4) is 0 Å². The van der Waals surface area contributed by atoms with E-state index in [-0.39, 0.29) is 11.7 Å². The van der Waals surface area contributed by atoms with Gasteiger partial charge in [-0.1, -0.05) is 28.1 Å². The van der Waals surface area contributed by atoms with E-state index in [1.165, 1.54) is 6.07 Å². The lowest BCUT2D eigenvalue weighted by molar-refractivity contribution is 0.0256. The zero-order valence-electron chi connectivity index (χ0n) is 15.8. The number of carbonyl (C=O) groups is 1. The minimum absolute atomic E-state index is 0.134. The third kappa shape index (κ3) is 6.34. The van der Waals surface area contributed by atoms with E-state index in [1.807, 2.05) is 12.1 Å². The highest BCUT2D eigenvalue weighted by Crippen LogP contribution is 2.34. The molecule has 0 radical (unpaired) electrons. The molecule has 2 aromatic rings. The molecule has 5 nitrogen and oxygen atoms in total. The van der Waals surface area contributed by atoms with Crippen molar-refractivity contribution in [3.8, 4) is 5.75 Å². The number of nitrogens with one attached hydrogen (secondary N) is 1. The summed E-state index contributed by atoms with van der Waals surface area (Å²) in [6.45, 7) is 5.06. The first-order chi connectivity index (χ1) is 12.5. The average molecular weight is 436 g/mol. The van der Waals surface area contributed by atoms with Crippen LogP contribution in [0.5, 0.6) is 5.75 Å². The molecular weight excluding hydrogens is 410 g/mol. The number of amides is 1. The first-order valence-corrected chi connectivity index (χ1v) is 9.62. The Labute approximate surface area is 168 Å². The quantitative estimate of drug-likeness (QED) is 0.513. The number of hydrogen-bond donors (Lipinski definition) is 4. The molecule has 6 heteroatoms. The number of phenols is 1. The number of benzene rings is 2. The molecule has 1 unspecified atom stereocenters. The number of hydrogen-bond acceptors (Lipinski definition) is 4. The summed E-state index contributed by atoms with van der Waals surface area (Å²) < 4.78 is 0.848. The highest BCUT2D eigenvalue weighted by molar-refractivity contribution is 9.10. The topological polar surface area (TPSA) is 89.8 Å². The van der Waals surface area contributed by atoms with Gasteiger partial charge in [-0.15, -0.1) is 0 Å². The Hall–Kier alpha value is -1.89. The van der Waals surface area contributed by atoms with E-state index in [0.29, 0.717) is 36.1 Å². The summed E-state index contributed by atoms with van der Waals surface area (Å²) in [5, 5.41) is 33.6. The largest absolute Gasteiger partial charge is 0.508 e. The van der Waals surface area contributed by atoms with E-state index in [2.05, 4.69) is 21.2 Å². The molecule has 2 rings (SSSR count). The number of rotatable bonds is 7. The van der Waals surface area contributed by atoms with E-state index < -0.39 is 11.2 Å². The van der Waals surface area contributed by atoms with Crippen molar-refractivity contribution in [1.82, 2.24) is 0 Å². The van der Waals surface area contributed by atoms with Crippen molar-refractivity contribution in [2.75, 3.05) is 5.32 Å². The van der Waals surface area contributed by atoms with Gasteiger partial charge in [0.15, 0.2) is 0 Å². The van der Waals surface area contributed by atoms with Gasteiger partial charge in [-0.3, -0.25) is 4.79 Å². The van der Waals surface area contributed by atoms with Gasteiger partial charge < -0.3 is 20.6 Å². The Bertz CT molecular complexity index is 812. The normalized spacial score (nSPS) is 13.9. The van der Waals surface area contributed by atoms with Crippen molar-refractivity contribution in [3.05, 3.63) is 58.1 Å². The van der Waals surface area contributed by atoms with E-state index in [9.17, 15) is 20.1 Å². The summed E-state index contributed by atoms with van der Waals surface area (Å²) in [5.74, 6) is -0.484. The molecule has 0 saturated carbocycles. The second kappa shape index (κ2) is 8.42. The third-order valence-electron chi connectivity index (χ3n) is 4.37. The van der Waals surface area contributed by atoms with Crippen molar-refractivity contribution in [1.29, 1.82) is 0 Å². The molecule has 0 heterocycles. The van der Waals surface area contributed by atoms with Crippen molar-refractivity contribution in [2.24, 2.45) is 0 Å². The van der Waals surface area contributed by atoms with Gasteiger partial charge >= 0.3 is 0 Å². The molecule has 0 aliphatic rings. The Kier molecular flexibility index (Phi) is 6.68. The first kappa shape index (κ1) is 21.4. The van der Waals surface area contributed by atoms with Gasteiger partial charge in [-0.05, 0) is 70.4 Å². The number of phenolic OH excluding ortho intramolecular Hbond substituents is 1. The van der Waals surface area contributed by atoms with Crippen LogP contribution in [0.4, 0.5) is 5.69 Å². The predicted molar refractivity (Wildman–Crippen MR) is 110 cm³/mol. The smallest absolute Gasteiger partial charge is 0.255 e. The molecular formula is C21H26BrNO4. The maximum Gasteiger partial charge on any atom is 0.255 e. The van der Waals surface area contributed by atoms with Crippen LogP contribution in [0.25, 0.3) is 0 Å². The molecule has 1 atom stereocenters. The van der Waals surface area contributed by atoms with Gasteiger partial charge in [-0.2, -0.15) is 0 Å². The Morgan fingerprint density at radius 2 is 1.78 bits per heavy atom. The lowest BCUT2D eigenvalue weighted by Gasteiger charge is -2.26. The van der Waals surface area contributed by atoms with E-state index in [4.69, 9.17) is 0 Å². The standard InChI is InChI=1S/C21H26BrNO4/c1-20(2,26)10-5-11-21(3,27)17-9-8-14(12-18(17)24)19(25)23-16-7-4-6-15(22)13-16/h4,6-9,12-13,24,26-27H,5,10-11H2,1-3H3,(H,23,25). The van der Waals surface area contributed by atoms with Crippen LogP contribution >= 0.6 is 15.9 Å². The van der Waals surface area contributed by atoms with Crippen LogP contribution in [0.2, 0.25) is 0 Å². The molecule has 27 heavy (non-hydrogen) atoms. The highest BCUT2D eigenvalue weighted by atomic mass is 79.9. The fourth-order valence-electron chi connectivity index (χ4n) is 2.90. The Balaban J connectivity index is 2.10. The molecule has 4 N–H and O–H groups in total. The summed E-state index contributed by atoms with van der Waals surface area (Å²) in [5.41, 5.74) is -0.765. The van der Waals surface area contributed by atoms with Crippen LogP contribution < -0.4 is 5.32 Å². The fourth-order valence-corrected chi connectivity index (χ4v) is 3.30. The van der Waals surface area contributed by atoms with Gasteiger partial charge in [0, 0.05) is 21.3 Å². The number of aromatic hydroxyl groups is 1. The van der Waals surface area contributed by atoms with Crippen LogP contribution in [-0.4, -0.2) is 26.8 Å². The Morgan fingerprint density at radius 1 is 1.07 bits per heavy atom. The minimum atomic E-state index is -1.26. The third-order valence-corrected chi connectivity index (χ3v) is 4.87. The van der Waals surface area contributed by atoms with Crippen LogP contribution in [0.1, 0.15) is 56.0 Å². The van der Waals surface area contributed by atoms with Gasteiger partial charge in [0.1, 0.15) is 5.75 Å². The predicted octanol–water partition coefficient (Wildman–Crippen LogP) is 4.56. The molecule has 0 bridgehead atoms. The second-order valence-electron chi connectivity index (χ2n) is 7.64. The summed E-state index contributed by atoms with van der Waals surface area (Å²) in [6, 6.07) is 11.7. The lowest BCUT2D eigenvalue weighted by atomic mass is 9.87. The first-order valence-electron chi connectivity index (χ1n) is 8.83. The fraction of sp³-hybridized carbons (Fsp3) is 0.381. The van der Waals surface area contributed by atoms with Crippen molar-refractivity contribution in [2.45, 2.75) is 51.2 Å². The zero-order valence-corrected chi connectivity index (χ0v) is 17.4. The maximum atomic E-state index is 12.4. The molecule has 1 amide bonds. The lowest BCUT2D eigenvalue weighted by Crippen LogP contribution is -2.24. The summed E-state index contributed by atoms with van der Waals surface area (Å²) >= 11 is 3.35. The number of halogens is 1. The van der Waals surface area contributed by atoms with Gasteiger partial charge in [0.2, 0.25) is 0 Å². The van der Waals surface area contributed by atoms with Crippen molar-refractivity contribution in [3.63, 3.8) is 0 Å². The van der Waals surface area contributed by atoms with Crippen LogP contribution in [0, 0.1) is 0 Å². The van der Waals surface area contributed by atoms with Crippen molar-refractivity contribution >= 4 is 27.5 Å². The minimum Gasteiger partial charge on any atom is -0.508 e. The molecule has 0 aliphatic carbocycles. The molecule has 0 aromatic heterocycles.